The summed E-state index contributed by atoms with van der Waals surface area (Å²) < 4.78 is 10.6. The lowest BCUT2D eigenvalue weighted by Gasteiger charge is -2.10. The minimum Gasteiger partial charge on any atom is -0.496 e. The van der Waals surface area contributed by atoms with Gasteiger partial charge >= 0.3 is 0 Å². The van der Waals surface area contributed by atoms with Gasteiger partial charge in [-0.25, -0.2) is 0 Å². The summed E-state index contributed by atoms with van der Waals surface area (Å²) in [7, 11) is 1.66. The molecule has 1 N–H and O–H groups in total. The Morgan fingerprint density at radius 2 is 2.30 bits per heavy atom. The summed E-state index contributed by atoms with van der Waals surface area (Å²) in [5, 5.41) is 2.98. The lowest BCUT2D eigenvalue weighted by atomic mass is 10.1. The summed E-state index contributed by atoms with van der Waals surface area (Å²) in [6, 6.07) is 7.83. The molecule has 1 saturated heterocycles. The maximum atomic E-state index is 11.8. The number of benzene rings is 1. The van der Waals surface area contributed by atoms with Crippen LogP contribution in [0.2, 0.25) is 0 Å². The van der Waals surface area contributed by atoms with Gasteiger partial charge in [-0.05, 0) is 36.8 Å². The molecular formula is C16H23NO3. The average Bonchev–Trinajstić information content (AvgIpc) is 2.98. The van der Waals surface area contributed by atoms with Crippen LogP contribution < -0.4 is 10.1 Å². The van der Waals surface area contributed by atoms with Crippen LogP contribution in [0.1, 0.15) is 24.8 Å². The fourth-order valence-electron chi connectivity index (χ4n) is 2.47. The maximum Gasteiger partial charge on any atom is 0.220 e. The van der Waals surface area contributed by atoms with Crippen LogP contribution in [0.25, 0.3) is 0 Å². The number of aryl methyl sites for hydroxylation is 1. The van der Waals surface area contributed by atoms with Crippen LogP contribution in [0.15, 0.2) is 24.3 Å². The number of para-hydroxylation sites is 1. The molecule has 0 spiro atoms. The molecule has 0 saturated carbocycles. The van der Waals surface area contributed by atoms with Gasteiger partial charge in [-0.3, -0.25) is 4.79 Å². The van der Waals surface area contributed by atoms with E-state index in [1.807, 2.05) is 24.3 Å². The molecule has 0 bridgehead atoms. The first-order chi connectivity index (χ1) is 9.79. The Kier molecular flexibility index (Phi) is 5.87. The van der Waals surface area contributed by atoms with Gasteiger partial charge in [0.15, 0.2) is 0 Å². The number of rotatable bonds is 7. The SMILES string of the molecule is COc1ccccc1CCC(=O)NCCC1CCOC1. The molecule has 1 aromatic rings. The van der Waals surface area contributed by atoms with Gasteiger partial charge in [0.25, 0.3) is 0 Å². The molecule has 1 aromatic carbocycles. The number of hydrogen-bond donors (Lipinski definition) is 1. The van der Waals surface area contributed by atoms with E-state index in [0.717, 1.165) is 43.9 Å². The number of amides is 1. The van der Waals surface area contributed by atoms with Crippen LogP contribution in [-0.4, -0.2) is 32.8 Å². The third kappa shape index (κ3) is 4.53. The third-order valence-corrected chi connectivity index (χ3v) is 3.71. The van der Waals surface area contributed by atoms with E-state index in [9.17, 15) is 4.79 Å². The molecule has 0 radical (unpaired) electrons. The quantitative estimate of drug-likeness (QED) is 0.831. The second-order valence-electron chi connectivity index (χ2n) is 5.18. The second kappa shape index (κ2) is 7.90. The Morgan fingerprint density at radius 3 is 3.05 bits per heavy atom. The number of methoxy groups -OCH3 is 1. The van der Waals surface area contributed by atoms with Crippen LogP contribution >= 0.6 is 0 Å². The normalized spacial score (nSPS) is 17.9. The number of hydrogen-bond acceptors (Lipinski definition) is 3. The molecule has 0 aliphatic carbocycles. The summed E-state index contributed by atoms with van der Waals surface area (Å²) in [6.07, 6.45) is 3.35. The van der Waals surface area contributed by atoms with E-state index < -0.39 is 0 Å². The van der Waals surface area contributed by atoms with Crippen molar-refractivity contribution in [3.05, 3.63) is 29.8 Å². The van der Waals surface area contributed by atoms with Gasteiger partial charge in [0, 0.05) is 26.2 Å². The van der Waals surface area contributed by atoms with Gasteiger partial charge in [-0.15, -0.1) is 0 Å². The zero-order valence-corrected chi connectivity index (χ0v) is 12.1. The molecule has 110 valence electrons. The Hall–Kier alpha value is -1.55. The summed E-state index contributed by atoms with van der Waals surface area (Å²) in [5.74, 6) is 1.57. The monoisotopic (exact) mass is 277 g/mol. The molecule has 1 atom stereocenters. The Labute approximate surface area is 120 Å². The molecule has 0 aromatic heterocycles. The Balaban J connectivity index is 1.66. The molecule has 2 rings (SSSR count). The van der Waals surface area contributed by atoms with Crippen molar-refractivity contribution < 1.29 is 14.3 Å². The van der Waals surface area contributed by atoms with E-state index in [0.29, 0.717) is 18.8 Å². The van der Waals surface area contributed by atoms with Crippen molar-refractivity contribution in [1.29, 1.82) is 0 Å². The fraction of sp³-hybridized carbons (Fsp3) is 0.562. The standard InChI is InChI=1S/C16H23NO3/c1-19-15-5-3-2-4-14(15)6-7-16(18)17-10-8-13-9-11-20-12-13/h2-5,13H,6-12H2,1H3,(H,17,18). The first-order valence-electron chi connectivity index (χ1n) is 7.26. The van der Waals surface area contributed by atoms with Gasteiger partial charge in [-0.2, -0.15) is 0 Å². The fourth-order valence-corrected chi connectivity index (χ4v) is 2.47. The van der Waals surface area contributed by atoms with E-state index in [2.05, 4.69) is 5.32 Å². The summed E-state index contributed by atoms with van der Waals surface area (Å²) in [6.45, 7) is 2.46. The molecule has 1 aliphatic heterocycles. The highest BCUT2D eigenvalue weighted by Crippen LogP contribution is 2.19. The van der Waals surface area contributed by atoms with Gasteiger partial charge in [0.05, 0.1) is 7.11 Å². The molecule has 1 unspecified atom stereocenters. The predicted molar refractivity (Wildman–Crippen MR) is 77.9 cm³/mol. The van der Waals surface area contributed by atoms with Crippen LogP contribution in [0.5, 0.6) is 5.75 Å². The highest BCUT2D eigenvalue weighted by molar-refractivity contribution is 5.76. The van der Waals surface area contributed by atoms with Crippen molar-refractivity contribution in [2.45, 2.75) is 25.7 Å². The lowest BCUT2D eigenvalue weighted by Crippen LogP contribution is -2.26. The van der Waals surface area contributed by atoms with E-state index in [1.165, 1.54) is 0 Å². The zero-order chi connectivity index (χ0) is 14.2. The molecular weight excluding hydrogens is 254 g/mol. The highest BCUT2D eigenvalue weighted by atomic mass is 16.5. The summed E-state index contributed by atoms with van der Waals surface area (Å²) in [4.78, 5) is 11.8. The van der Waals surface area contributed by atoms with Crippen molar-refractivity contribution in [1.82, 2.24) is 5.32 Å². The van der Waals surface area contributed by atoms with Crippen LogP contribution in [-0.2, 0) is 16.0 Å². The van der Waals surface area contributed by atoms with E-state index in [-0.39, 0.29) is 5.91 Å². The first kappa shape index (κ1) is 14.9. The van der Waals surface area contributed by atoms with Gasteiger partial charge in [0.1, 0.15) is 5.75 Å². The van der Waals surface area contributed by atoms with Gasteiger partial charge in [0.2, 0.25) is 5.91 Å². The Morgan fingerprint density at radius 1 is 1.45 bits per heavy atom. The molecule has 4 heteroatoms. The van der Waals surface area contributed by atoms with Gasteiger partial charge in [-0.1, -0.05) is 18.2 Å². The average molecular weight is 277 g/mol. The smallest absolute Gasteiger partial charge is 0.220 e. The minimum atomic E-state index is 0.106. The van der Waals surface area contributed by atoms with Crippen molar-refractivity contribution in [3.63, 3.8) is 0 Å². The predicted octanol–water partition coefficient (Wildman–Crippen LogP) is 2.17. The third-order valence-electron chi connectivity index (χ3n) is 3.71. The molecule has 4 nitrogen and oxygen atoms in total. The molecule has 1 fully saturated rings. The summed E-state index contributed by atoms with van der Waals surface area (Å²) >= 11 is 0. The van der Waals surface area contributed by atoms with E-state index >= 15 is 0 Å². The minimum absolute atomic E-state index is 0.106. The molecule has 1 heterocycles. The number of ether oxygens (including phenoxy) is 2. The Bertz CT molecular complexity index is 427. The van der Waals surface area contributed by atoms with Crippen molar-refractivity contribution >= 4 is 5.91 Å². The van der Waals surface area contributed by atoms with E-state index in [1.54, 1.807) is 7.11 Å². The zero-order valence-electron chi connectivity index (χ0n) is 12.1. The molecule has 1 aliphatic rings. The van der Waals surface area contributed by atoms with Crippen LogP contribution in [0.3, 0.4) is 0 Å². The lowest BCUT2D eigenvalue weighted by molar-refractivity contribution is -0.121. The number of nitrogens with one attached hydrogen (secondary N) is 1. The first-order valence-corrected chi connectivity index (χ1v) is 7.26. The maximum absolute atomic E-state index is 11.8. The number of carbonyl (C=O) groups excluding carboxylic acids is 1. The number of carbonyl (C=O) groups is 1. The van der Waals surface area contributed by atoms with Crippen molar-refractivity contribution in [2.75, 3.05) is 26.9 Å². The molecule has 1 amide bonds. The highest BCUT2D eigenvalue weighted by Gasteiger charge is 2.15. The van der Waals surface area contributed by atoms with Crippen LogP contribution in [0, 0.1) is 5.92 Å². The van der Waals surface area contributed by atoms with Crippen molar-refractivity contribution in [2.24, 2.45) is 5.92 Å². The second-order valence-corrected chi connectivity index (χ2v) is 5.18. The van der Waals surface area contributed by atoms with E-state index in [4.69, 9.17) is 9.47 Å². The topological polar surface area (TPSA) is 47.6 Å². The molecule has 20 heavy (non-hydrogen) atoms. The largest absolute Gasteiger partial charge is 0.496 e. The summed E-state index contributed by atoms with van der Waals surface area (Å²) in [5.41, 5.74) is 1.08. The van der Waals surface area contributed by atoms with Crippen molar-refractivity contribution in [3.8, 4) is 5.75 Å². The van der Waals surface area contributed by atoms with Crippen LogP contribution in [0.4, 0.5) is 0 Å². The van der Waals surface area contributed by atoms with Gasteiger partial charge < -0.3 is 14.8 Å².